The molecular formula is C12H21N3O3S. The molecule has 0 unspecified atom stereocenters. The van der Waals surface area contributed by atoms with Gasteiger partial charge in [0.2, 0.25) is 10.0 Å². The van der Waals surface area contributed by atoms with Gasteiger partial charge in [0, 0.05) is 18.8 Å². The number of ether oxygens (including phenoxy) is 1. The second-order valence-electron chi connectivity index (χ2n) is 4.20. The Bertz CT molecular complexity index is 517. The molecule has 6 nitrogen and oxygen atoms in total. The van der Waals surface area contributed by atoms with Crippen molar-refractivity contribution in [3.8, 4) is 5.75 Å². The van der Waals surface area contributed by atoms with E-state index in [1.165, 1.54) is 13.2 Å². The van der Waals surface area contributed by atoms with Gasteiger partial charge < -0.3 is 15.4 Å². The zero-order chi connectivity index (χ0) is 14.5. The van der Waals surface area contributed by atoms with Crippen LogP contribution in [0.15, 0.2) is 23.1 Å². The van der Waals surface area contributed by atoms with E-state index in [0.717, 1.165) is 6.54 Å². The molecule has 0 aliphatic heterocycles. The number of nitrogens with two attached hydrogens (primary N) is 1. The first-order chi connectivity index (χ1) is 8.90. The van der Waals surface area contributed by atoms with Crippen molar-refractivity contribution in [2.24, 2.45) is 0 Å². The predicted octanol–water partition coefficient (Wildman–Crippen LogP) is 0.507. The number of benzene rings is 1. The van der Waals surface area contributed by atoms with Crippen LogP contribution >= 0.6 is 0 Å². The number of hydrogen-bond donors (Lipinski definition) is 2. The molecule has 0 fully saturated rings. The first-order valence-electron chi connectivity index (χ1n) is 6.02. The van der Waals surface area contributed by atoms with Crippen LogP contribution in [0.3, 0.4) is 0 Å². The topological polar surface area (TPSA) is 84.7 Å². The van der Waals surface area contributed by atoms with E-state index in [1.54, 1.807) is 12.1 Å². The highest BCUT2D eigenvalue weighted by Gasteiger charge is 2.19. The maximum atomic E-state index is 12.2. The second kappa shape index (κ2) is 6.74. The van der Waals surface area contributed by atoms with E-state index in [4.69, 9.17) is 10.5 Å². The lowest BCUT2D eigenvalue weighted by Crippen LogP contribution is -2.33. The van der Waals surface area contributed by atoms with E-state index >= 15 is 0 Å². The molecule has 0 heterocycles. The van der Waals surface area contributed by atoms with Crippen molar-refractivity contribution in [2.75, 3.05) is 39.5 Å². The van der Waals surface area contributed by atoms with Crippen LogP contribution in [0.4, 0.5) is 5.69 Å². The Hall–Kier alpha value is -1.31. The molecule has 0 aliphatic rings. The van der Waals surface area contributed by atoms with Crippen LogP contribution in [-0.2, 0) is 10.0 Å². The quantitative estimate of drug-likeness (QED) is 0.714. The maximum absolute atomic E-state index is 12.2. The van der Waals surface area contributed by atoms with Gasteiger partial charge in [-0.1, -0.05) is 6.92 Å². The van der Waals surface area contributed by atoms with Crippen LogP contribution in [0.2, 0.25) is 0 Å². The van der Waals surface area contributed by atoms with Gasteiger partial charge in [-0.05, 0) is 31.8 Å². The highest BCUT2D eigenvalue weighted by Crippen LogP contribution is 2.25. The van der Waals surface area contributed by atoms with E-state index in [2.05, 4.69) is 4.72 Å². The van der Waals surface area contributed by atoms with Crippen LogP contribution in [0.1, 0.15) is 6.92 Å². The number of sulfonamides is 1. The molecule has 1 aromatic carbocycles. The van der Waals surface area contributed by atoms with E-state index in [1.807, 2.05) is 18.9 Å². The fraction of sp³-hybridized carbons (Fsp3) is 0.500. The Morgan fingerprint density at radius 2 is 2.11 bits per heavy atom. The average molecular weight is 287 g/mol. The number of nitrogens with one attached hydrogen (secondary N) is 1. The Morgan fingerprint density at radius 3 is 2.68 bits per heavy atom. The van der Waals surface area contributed by atoms with Gasteiger partial charge in [-0.15, -0.1) is 0 Å². The van der Waals surface area contributed by atoms with Gasteiger partial charge in [0.1, 0.15) is 10.6 Å². The first-order valence-corrected chi connectivity index (χ1v) is 7.50. The summed E-state index contributed by atoms with van der Waals surface area (Å²) in [5.74, 6) is 0.283. The lowest BCUT2D eigenvalue weighted by Gasteiger charge is -2.15. The minimum absolute atomic E-state index is 0.0640. The fourth-order valence-electron chi connectivity index (χ4n) is 1.51. The molecule has 0 atom stereocenters. The van der Waals surface area contributed by atoms with E-state index in [-0.39, 0.29) is 10.6 Å². The summed E-state index contributed by atoms with van der Waals surface area (Å²) in [4.78, 5) is 2.08. The van der Waals surface area contributed by atoms with Crippen molar-refractivity contribution in [1.29, 1.82) is 0 Å². The number of rotatable bonds is 7. The number of nitrogens with zero attached hydrogens (tertiary/aromatic N) is 1. The van der Waals surface area contributed by atoms with Crippen molar-refractivity contribution in [3.05, 3.63) is 18.2 Å². The molecule has 7 heteroatoms. The molecule has 108 valence electrons. The monoisotopic (exact) mass is 287 g/mol. The summed E-state index contributed by atoms with van der Waals surface area (Å²) in [5, 5.41) is 0. The minimum Gasteiger partial charge on any atom is -0.495 e. The van der Waals surface area contributed by atoms with Crippen LogP contribution in [0.25, 0.3) is 0 Å². The molecule has 0 saturated heterocycles. The lowest BCUT2D eigenvalue weighted by atomic mass is 10.3. The molecule has 0 bridgehead atoms. The van der Waals surface area contributed by atoms with E-state index in [9.17, 15) is 8.42 Å². The van der Waals surface area contributed by atoms with Gasteiger partial charge in [-0.25, -0.2) is 13.1 Å². The normalized spacial score (nSPS) is 11.8. The minimum atomic E-state index is -3.61. The summed E-state index contributed by atoms with van der Waals surface area (Å²) in [6.45, 7) is 3.85. The van der Waals surface area contributed by atoms with Crippen molar-refractivity contribution in [3.63, 3.8) is 0 Å². The number of methoxy groups -OCH3 is 1. The van der Waals surface area contributed by atoms with Crippen LogP contribution in [0, 0.1) is 0 Å². The molecule has 0 aliphatic carbocycles. The van der Waals surface area contributed by atoms with Gasteiger partial charge in [0.25, 0.3) is 0 Å². The average Bonchev–Trinajstić information content (AvgIpc) is 2.38. The summed E-state index contributed by atoms with van der Waals surface area (Å²) in [5.41, 5.74) is 6.00. The third-order valence-corrected chi connectivity index (χ3v) is 4.28. The third kappa shape index (κ3) is 4.38. The van der Waals surface area contributed by atoms with Gasteiger partial charge in [-0.2, -0.15) is 0 Å². The molecule has 0 amide bonds. The highest BCUT2D eigenvalue weighted by atomic mass is 32.2. The molecular weight excluding hydrogens is 266 g/mol. The summed E-state index contributed by atoms with van der Waals surface area (Å²) in [7, 11) is -0.259. The molecule has 0 aromatic heterocycles. The molecule has 1 aromatic rings. The maximum Gasteiger partial charge on any atom is 0.244 e. The number of likely N-dealkylation sites (N-methyl/N-ethyl adjacent to an activating group) is 1. The van der Waals surface area contributed by atoms with Crippen molar-refractivity contribution < 1.29 is 13.2 Å². The molecule has 19 heavy (non-hydrogen) atoms. The molecule has 3 N–H and O–H groups in total. The smallest absolute Gasteiger partial charge is 0.244 e. The van der Waals surface area contributed by atoms with Gasteiger partial charge in [0.05, 0.1) is 7.11 Å². The second-order valence-corrected chi connectivity index (χ2v) is 5.94. The Balaban J connectivity index is 2.85. The first kappa shape index (κ1) is 15.7. The van der Waals surface area contributed by atoms with Crippen LogP contribution < -0.4 is 15.2 Å². The summed E-state index contributed by atoms with van der Waals surface area (Å²) in [6, 6.07) is 4.54. The molecule has 1 rings (SSSR count). The summed E-state index contributed by atoms with van der Waals surface area (Å²) in [6.07, 6.45) is 0. The zero-order valence-corrected chi connectivity index (χ0v) is 12.3. The van der Waals surface area contributed by atoms with Crippen molar-refractivity contribution >= 4 is 15.7 Å². The van der Waals surface area contributed by atoms with Gasteiger partial charge in [-0.3, -0.25) is 0 Å². The SMILES string of the molecule is CCN(C)CCNS(=O)(=O)c1cc(N)ccc1OC. The molecule has 0 radical (unpaired) electrons. The van der Waals surface area contributed by atoms with Crippen molar-refractivity contribution in [1.82, 2.24) is 9.62 Å². The molecule has 0 spiro atoms. The third-order valence-electron chi connectivity index (χ3n) is 2.80. The molecule has 0 saturated carbocycles. The largest absolute Gasteiger partial charge is 0.495 e. The van der Waals surface area contributed by atoms with Gasteiger partial charge >= 0.3 is 0 Å². The lowest BCUT2D eigenvalue weighted by molar-refractivity contribution is 0.357. The summed E-state index contributed by atoms with van der Waals surface area (Å²) >= 11 is 0. The number of nitrogen functional groups attached to an aromatic ring is 1. The van der Waals surface area contributed by atoms with E-state index < -0.39 is 10.0 Å². The Labute approximate surface area is 114 Å². The zero-order valence-electron chi connectivity index (χ0n) is 11.5. The number of anilines is 1. The van der Waals surface area contributed by atoms with Crippen molar-refractivity contribution in [2.45, 2.75) is 11.8 Å². The summed E-state index contributed by atoms with van der Waals surface area (Å²) < 4.78 is 31.9. The predicted molar refractivity (Wildman–Crippen MR) is 75.8 cm³/mol. The standard InChI is InChI=1S/C12H21N3O3S/c1-4-15(2)8-7-14-19(16,17)12-9-10(13)5-6-11(12)18-3/h5-6,9,14H,4,7-8,13H2,1-3H3. The van der Waals surface area contributed by atoms with E-state index in [0.29, 0.717) is 18.8 Å². The Morgan fingerprint density at radius 1 is 1.42 bits per heavy atom. The van der Waals surface area contributed by atoms with Crippen LogP contribution in [0.5, 0.6) is 5.75 Å². The Kier molecular flexibility index (Phi) is 5.59. The fourth-order valence-corrected chi connectivity index (χ4v) is 2.73. The number of hydrogen-bond acceptors (Lipinski definition) is 5. The van der Waals surface area contributed by atoms with Crippen LogP contribution in [-0.4, -0.2) is 47.1 Å². The van der Waals surface area contributed by atoms with Gasteiger partial charge in [0.15, 0.2) is 0 Å². The highest BCUT2D eigenvalue weighted by molar-refractivity contribution is 7.89.